The molecule has 0 fully saturated rings. The molecule has 0 bridgehead atoms. The molecule has 3 nitrogen and oxygen atoms in total. The van der Waals surface area contributed by atoms with E-state index in [0.717, 1.165) is 11.3 Å². The van der Waals surface area contributed by atoms with Gasteiger partial charge in [0.05, 0.1) is 17.8 Å². The van der Waals surface area contributed by atoms with Crippen molar-refractivity contribution in [2.75, 3.05) is 0 Å². The molecule has 124 valence electrons. The zero-order chi connectivity index (χ0) is 16.8. The smallest absolute Gasteiger partial charge is 0.131 e. The second kappa shape index (κ2) is 7.99. The van der Waals surface area contributed by atoms with Crippen molar-refractivity contribution in [3.05, 3.63) is 88.6 Å². The first-order chi connectivity index (χ1) is 11.7. The first kappa shape index (κ1) is 16.6. The molecular weight excluding hydrogens is 329 g/mol. The van der Waals surface area contributed by atoms with Crippen LogP contribution in [0.4, 0.5) is 4.39 Å². The molecule has 0 saturated heterocycles. The van der Waals surface area contributed by atoms with E-state index >= 15 is 0 Å². The van der Waals surface area contributed by atoms with Crippen LogP contribution in [-0.2, 0) is 19.7 Å². The van der Waals surface area contributed by atoms with Gasteiger partial charge in [0.1, 0.15) is 23.9 Å². The fourth-order valence-corrected chi connectivity index (χ4v) is 2.53. The van der Waals surface area contributed by atoms with Crippen LogP contribution in [0, 0.1) is 5.82 Å². The van der Waals surface area contributed by atoms with Gasteiger partial charge in [0.2, 0.25) is 0 Å². The van der Waals surface area contributed by atoms with Crippen molar-refractivity contribution in [2.24, 2.45) is 0 Å². The molecule has 24 heavy (non-hydrogen) atoms. The van der Waals surface area contributed by atoms with Gasteiger partial charge in [0.25, 0.3) is 0 Å². The van der Waals surface area contributed by atoms with Gasteiger partial charge in [-0.15, -0.1) is 0 Å². The van der Waals surface area contributed by atoms with Crippen molar-refractivity contribution in [1.82, 2.24) is 5.32 Å². The summed E-state index contributed by atoms with van der Waals surface area (Å²) in [7, 11) is 0. The SMILES string of the molecule is Fc1cccc(Cl)c1COc1cccc(CNCc2ccco2)c1. The Morgan fingerprint density at radius 3 is 2.71 bits per heavy atom. The van der Waals surface area contributed by atoms with Gasteiger partial charge < -0.3 is 14.5 Å². The largest absolute Gasteiger partial charge is 0.489 e. The first-order valence-corrected chi connectivity index (χ1v) is 7.98. The third kappa shape index (κ3) is 4.37. The standard InChI is InChI=1S/C19H17ClFNO2/c20-18-7-2-8-19(21)17(18)13-24-15-5-1-4-14(10-15)11-22-12-16-6-3-9-23-16/h1-10,22H,11-13H2. The summed E-state index contributed by atoms with van der Waals surface area (Å²) < 4.78 is 24.7. The van der Waals surface area contributed by atoms with Crippen molar-refractivity contribution in [3.63, 3.8) is 0 Å². The van der Waals surface area contributed by atoms with E-state index in [1.807, 2.05) is 36.4 Å². The Balaban J connectivity index is 1.57. The van der Waals surface area contributed by atoms with E-state index in [4.69, 9.17) is 20.8 Å². The normalized spacial score (nSPS) is 10.8. The summed E-state index contributed by atoms with van der Waals surface area (Å²) in [6.07, 6.45) is 1.65. The number of hydrogen-bond donors (Lipinski definition) is 1. The second-order valence-corrected chi connectivity index (χ2v) is 5.73. The first-order valence-electron chi connectivity index (χ1n) is 7.60. The maximum absolute atomic E-state index is 13.8. The molecule has 0 unspecified atom stereocenters. The minimum atomic E-state index is -0.362. The highest BCUT2D eigenvalue weighted by atomic mass is 35.5. The van der Waals surface area contributed by atoms with Gasteiger partial charge in [0.15, 0.2) is 0 Å². The van der Waals surface area contributed by atoms with Crippen LogP contribution in [0.3, 0.4) is 0 Å². The lowest BCUT2D eigenvalue weighted by Gasteiger charge is -2.10. The Morgan fingerprint density at radius 2 is 1.92 bits per heavy atom. The van der Waals surface area contributed by atoms with Crippen LogP contribution in [0.15, 0.2) is 65.3 Å². The summed E-state index contributed by atoms with van der Waals surface area (Å²) in [5.41, 5.74) is 1.43. The summed E-state index contributed by atoms with van der Waals surface area (Å²) in [5.74, 6) is 1.20. The third-order valence-corrected chi connectivity index (χ3v) is 3.91. The summed E-state index contributed by atoms with van der Waals surface area (Å²) in [6.45, 7) is 1.43. The highest BCUT2D eigenvalue weighted by Crippen LogP contribution is 2.22. The molecule has 0 spiro atoms. The molecule has 0 atom stereocenters. The van der Waals surface area contributed by atoms with Crippen LogP contribution in [0.5, 0.6) is 5.75 Å². The van der Waals surface area contributed by atoms with Crippen LogP contribution < -0.4 is 10.1 Å². The lowest BCUT2D eigenvalue weighted by atomic mass is 10.2. The number of furan rings is 1. The topological polar surface area (TPSA) is 34.4 Å². The lowest BCUT2D eigenvalue weighted by Crippen LogP contribution is -2.12. The summed E-state index contributed by atoms with van der Waals surface area (Å²) in [6, 6.07) is 16.0. The van der Waals surface area contributed by atoms with Gasteiger partial charge in [-0.2, -0.15) is 0 Å². The molecule has 3 aromatic rings. The van der Waals surface area contributed by atoms with Crippen LogP contribution >= 0.6 is 11.6 Å². The molecule has 0 saturated carbocycles. The quantitative estimate of drug-likeness (QED) is 0.658. The Morgan fingerprint density at radius 1 is 1.04 bits per heavy atom. The van der Waals surface area contributed by atoms with Gasteiger partial charge in [-0.25, -0.2) is 4.39 Å². The van der Waals surface area contributed by atoms with Gasteiger partial charge in [-0.1, -0.05) is 29.8 Å². The average molecular weight is 346 g/mol. The number of rotatable bonds is 7. The molecule has 1 heterocycles. The van der Waals surface area contributed by atoms with Crippen molar-refractivity contribution in [3.8, 4) is 5.75 Å². The van der Waals surface area contributed by atoms with Gasteiger partial charge in [-0.05, 0) is 42.0 Å². The van der Waals surface area contributed by atoms with Crippen LogP contribution in [-0.4, -0.2) is 0 Å². The van der Waals surface area contributed by atoms with Crippen LogP contribution in [0.25, 0.3) is 0 Å². The summed E-state index contributed by atoms with van der Waals surface area (Å²) in [5, 5.41) is 3.66. The summed E-state index contributed by atoms with van der Waals surface area (Å²) >= 11 is 6.01. The maximum Gasteiger partial charge on any atom is 0.131 e. The van der Waals surface area contributed by atoms with Gasteiger partial charge >= 0.3 is 0 Å². The molecule has 1 aromatic heterocycles. The molecule has 1 N–H and O–H groups in total. The fraction of sp³-hybridized carbons (Fsp3) is 0.158. The highest BCUT2D eigenvalue weighted by Gasteiger charge is 2.08. The second-order valence-electron chi connectivity index (χ2n) is 5.32. The zero-order valence-electron chi connectivity index (χ0n) is 13.0. The highest BCUT2D eigenvalue weighted by molar-refractivity contribution is 6.31. The Hall–Kier alpha value is -2.30. The fourth-order valence-electron chi connectivity index (χ4n) is 2.31. The molecule has 0 aliphatic carbocycles. The number of hydrogen-bond acceptors (Lipinski definition) is 3. The molecule has 0 aliphatic rings. The lowest BCUT2D eigenvalue weighted by molar-refractivity contribution is 0.299. The van der Waals surface area contributed by atoms with Crippen molar-refractivity contribution in [1.29, 1.82) is 0 Å². The minimum absolute atomic E-state index is 0.0920. The van der Waals surface area contributed by atoms with Gasteiger partial charge in [-0.3, -0.25) is 0 Å². The predicted molar refractivity (Wildman–Crippen MR) is 91.4 cm³/mol. The third-order valence-electron chi connectivity index (χ3n) is 3.55. The van der Waals surface area contributed by atoms with E-state index in [-0.39, 0.29) is 12.4 Å². The van der Waals surface area contributed by atoms with E-state index in [9.17, 15) is 4.39 Å². The molecule has 2 aromatic carbocycles. The molecule has 0 amide bonds. The van der Waals surface area contributed by atoms with Crippen molar-refractivity contribution < 1.29 is 13.5 Å². The predicted octanol–water partition coefficient (Wildman–Crippen LogP) is 4.94. The number of halogens is 2. The van der Waals surface area contributed by atoms with Crippen LogP contribution in [0.2, 0.25) is 5.02 Å². The minimum Gasteiger partial charge on any atom is -0.489 e. The number of benzene rings is 2. The molecule has 3 rings (SSSR count). The van der Waals surface area contributed by atoms with Gasteiger partial charge in [0, 0.05) is 12.1 Å². The molecule has 0 radical (unpaired) electrons. The van der Waals surface area contributed by atoms with E-state index in [2.05, 4.69) is 5.32 Å². The molecule has 0 aliphatic heterocycles. The Kier molecular flexibility index (Phi) is 5.51. The van der Waals surface area contributed by atoms with E-state index in [1.165, 1.54) is 6.07 Å². The maximum atomic E-state index is 13.8. The molecule has 5 heteroatoms. The van der Waals surface area contributed by atoms with Crippen molar-refractivity contribution >= 4 is 11.6 Å². The van der Waals surface area contributed by atoms with E-state index in [1.54, 1.807) is 18.4 Å². The Bertz CT molecular complexity index is 770. The molecular formula is C19H17ClFNO2. The average Bonchev–Trinajstić information content (AvgIpc) is 3.08. The zero-order valence-corrected chi connectivity index (χ0v) is 13.7. The Labute approximate surface area is 145 Å². The monoisotopic (exact) mass is 345 g/mol. The number of ether oxygens (including phenoxy) is 1. The van der Waals surface area contributed by atoms with Crippen molar-refractivity contribution in [2.45, 2.75) is 19.7 Å². The number of nitrogens with one attached hydrogen (secondary N) is 1. The summed E-state index contributed by atoms with van der Waals surface area (Å²) in [4.78, 5) is 0. The van der Waals surface area contributed by atoms with E-state index < -0.39 is 0 Å². The van der Waals surface area contributed by atoms with E-state index in [0.29, 0.717) is 29.4 Å². The van der Waals surface area contributed by atoms with Crippen LogP contribution in [0.1, 0.15) is 16.9 Å².